The number of hydrogen-bond acceptors (Lipinski definition) is 2. The molecule has 0 aliphatic carbocycles. The summed E-state index contributed by atoms with van der Waals surface area (Å²) >= 11 is 0. The third kappa shape index (κ3) is 2.98. The number of carboxylic acid groups (broad SMARTS) is 1. The molecule has 0 aliphatic heterocycles. The number of rotatable bonds is 5. The lowest BCUT2D eigenvalue weighted by atomic mass is 10.1. The van der Waals surface area contributed by atoms with Crippen LogP contribution in [0.4, 0.5) is 4.39 Å². The van der Waals surface area contributed by atoms with Gasteiger partial charge in [-0.3, -0.25) is 4.79 Å². The predicted octanol–water partition coefficient (Wildman–Crippen LogP) is 3.24. The van der Waals surface area contributed by atoms with Crippen molar-refractivity contribution in [2.75, 3.05) is 0 Å². The van der Waals surface area contributed by atoms with E-state index in [1.54, 1.807) is 12.1 Å². The molecule has 0 unspecified atom stereocenters. The number of nitrogens with zero attached hydrogens (tertiary/aromatic N) is 2. The molecule has 0 fully saturated rings. The lowest BCUT2D eigenvalue weighted by Gasteiger charge is -2.08. The first-order chi connectivity index (χ1) is 10.6. The van der Waals surface area contributed by atoms with Crippen molar-refractivity contribution < 1.29 is 14.3 Å². The number of halogens is 1. The van der Waals surface area contributed by atoms with Gasteiger partial charge in [0.2, 0.25) is 0 Å². The number of imidazole rings is 1. The molecular formula is C17H15FN2O2. The van der Waals surface area contributed by atoms with E-state index in [0.717, 1.165) is 22.4 Å². The van der Waals surface area contributed by atoms with E-state index in [9.17, 15) is 9.18 Å². The van der Waals surface area contributed by atoms with Gasteiger partial charge in [-0.2, -0.15) is 0 Å². The molecule has 4 nitrogen and oxygen atoms in total. The monoisotopic (exact) mass is 298 g/mol. The summed E-state index contributed by atoms with van der Waals surface area (Å²) in [5, 5.41) is 8.92. The van der Waals surface area contributed by atoms with E-state index >= 15 is 0 Å². The Morgan fingerprint density at radius 3 is 2.59 bits per heavy atom. The molecular weight excluding hydrogens is 283 g/mol. The molecule has 22 heavy (non-hydrogen) atoms. The Morgan fingerprint density at radius 1 is 1.14 bits per heavy atom. The SMILES string of the molecule is O=C(O)CCn1c(Cc2ccc(F)cc2)nc2ccccc21. The molecule has 1 heterocycles. The lowest BCUT2D eigenvalue weighted by molar-refractivity contribution is -0.137. The maximum absolute atomic E-state index is 13.0. The molecule has 0 atom stereocenters. The summed E-state index contributed by atoms with van der Waals surface area (Å²) in [6.45, 7) is 0.367. The first-order valence-corrected chi connectivity index (χ1v) is 7.04. The van der Waals surface area contributed by atoms with Gasteiger partial charge in [0.15, 0.2) is 0 Å². The van der Waals surface area contributed by atoms with Gasteiger partial charge in [-0.1, -0.05) is 24.3 Å². The molecule has 0 saturated heterocycles. The summed E-state index contributed by atoms with van der Waals surface area (Å²) in [7, 11) is 0. The van der Waals surface area contributed by atoms with Gasteiger partial charge in [0.1, 0.15) is 11.6 Å². The van der Waals surface area contributed by atoms with Crippen LogP contribution in [0.3, 0.4) is 0 Å². The van der Waals surface area contributed by atoms with Gasteiger partial charge in [0.05, 0.1) is 17.5 Å². The highest BCUT2D eigenvalue weighted by molar-refractivity contribution is 5.76. The van der Waals surface area contributed by atoms with Gasteiger partial charge in [-0.15, -0.1) is 0 Å². The fraction of sp³-hybridized carbons (Fsp3) is 0.176. The molecule has 1 aromatic heterocycles. The number of benzene rings is 2. The molecule has 0 aliphatic rings. The minimum absolute atomic E-state index is 0.0385. The maximum atomic E-state index is 13.0. The van der Waals surface area contributed by atoms with Crippen LogP contribution in [0, 0.1) is 5.82 Å². The fourth-order valence-corrected chi connectivity index (χ4v) is 2.50. The van der Waals surface area contributed by atoms with E-state index in [1.165, 1.54) is 12.1 Å². The van der Waals surface area contributed by atoms with Crippen molar-refractivity contribution in [2.45, 2.75) is 19.4 Å². The number of aliphatic carboxylic acids is 1. The van der Waals surface area contributed by atoms with E-state index in [1.807, 2.05) is 28.8 Å². The Labute approximate surface area is 126 Å². The van der Waals surface area contributed by atoms with Crippen molar-refractivity contribution in [3.63, 3.8) is 0 Å². The second-order valence-corrected chi connectivity index (χ2v) is 5.12. The Balaban J connectivity index is 1.97. The Hall–Kier alpha value is -2.69. The summed E-state index contributed by atoms with van der Waals surface area (Å²) in [6.07, 6.45) is 0.575. The van der Waals surface area contributed by atoms with Gasteiger partial charge in [0, 0.05) is 13.0 Å². The van der Waals surface area contributed by atoms with E-state index in [2.05, 4.69) is 4.98 Å². The zero-order chi connectivity index (χ0) is 15.5. The average Bonchev–Trinajstić information content (AvgIpc) is 2.85. The first-order valence-electron chi connectivity index (χ1n) is 7.04. The standard InChI is InChI=1S/C17H15FN2O2/c18-13-7-5-12(6-8-13)11-16-19-14-3-1-2-4-15(14)20(16)10-9-17(21)22/h1-8H,9-11H2,(H,21,22). The Kier molecular flexibility index (Phi) is 3.87. The van der Waals surface area contributed by atoms with Crippen LogP contribution < -0.4 is 0 Å². The minimum Gasteiger partial charge on any atom is -0.481 e. The molecule has 0 amide bonds. The zero-order valence-electron chi connectivity index (χ0n) is 11.9. The normalized spacial score (nSPS) is 11.0. The molecule has 0 spiro atoms. The largest absolute Gasteiger partial charge is 0.481 e. The van der Waals surface area contributed by atoms with Crippen LogP contribution in [-0.4, -0.2) is 20.6 Å². The smallest absolute Gasteiger partial charge is 0.305 e. The van der Waals surface area contributed by atoms with Crippen LogP contribution in [0.5, 0.6) is 0 Å². The third-order valence-electron chi connectivity index (χ3n) is 3.56. The Morgan fingerprint density at radius 2 is 1.86 bits per heavy atom. The first kappa shape index (κ1) is 14.3. The average molecular weight is 298 g/mol. The minimum atomic E-state index is -0.842. The van der Waals surface area contributed by atoms with Crippen molar-refractivity contribution in [1.29, 1.82) is 0 Å². The van der Waals surface area contributed by atoms with Crippen molar-refractivity contribution in [3.05, 3.63) is 65.7 Å². The molecule has 2 aromatic carbocycles. The summed E-state index contributed by atoms with van der Waals surface area (Å²) in [6, 6.07) is 13.9. The quantitative estimate of drug-likeness (QED) is 0.786. The number of hydrogen-bond donors (Lipinski definition) is 1. The van der Waals surface area contributed by atoms with Crippen LogP contribution in [0.1, 0.15) is 17.8 Å². The Bertz CT molecular complexity index is 809. The molecule has 3 aromatic rings. The lowest BCUT2D eigenvalue weighted by Crippen LogP contribution is -2.08. The third-order valence-corrected chi connectivity index (χ3v) is 3.56. The van der Waals surface area contributed by atoms with Gasteiger partial charge in [-0.05, 0) is 29.8 Å². The molecule has 0 saturated carbocycles. The van der Waals surface area contributed by atoms with E-state index in [-0.39, 0.29) is 12.2 Å². The van der Waals surface area contributed by atoms with Crippen molar-refractivity contribution in [3.8, 4) is 0 Å². The zero-order valence-corrected chi connectivity index (χ0v) is 11.9. The second-order valence-electron chi connectivity index (χ2n) is 5.12. The second kappa shape index (κ2) is 5.97. The summed E-state index contributed by atoms with van der Waals surface area (Å²) in [5.74, 6) is -0.331. The maximum Gasteiger partial charge on any atom is 0.305 e. The highest BCUT2D eigenvalue weighted by Gasteiger charge is 2.12. The number of carbonyl (C=O) groups is 1. The topological polar surface area (TPSA) is 55.1 Å². The van der Waals surface area contributed by atoms with Gasteiger partial charge in [-0.25, -0.2) is 9.37 Å². The number of carboxylic acids is 1. The van der Waals surface area contributed by atoms with Crippen LogP contribution >= 0.6 is 0 Å². The van der Waals surface area contributed by atoms with Crippen LogP contribution in [0.25, 0.3) is 11.0 Å². The fourth-order valence-electron chi connectivity index (χ4n) is 2.50. The van der Waals surface area contributed by atoms with Gasteiger partial charge < -0.3 is 9.67 Å². The molecule has 0 bridgehead atoms. The summed E-state index contributed by atoms with van der Waals surface area (Å²) in [4.78, 5) is 15.4. The number of fused-ring (bicyclic) bond motifs is 1. The summed E-state index contributed by atoms with van der Waals surface area (Å²) < 4.78 is 14.9. The van der Waals surface area contributed by atoms with E-state index in [4.69, 9.17) is 5.11 Å². The molecule has 1 N–H and O–H groups in total. The van der Waals surface area contributed by atoms with E-state index in [0.29, 0.717) is 13.0 Å². The number of aromatic nitrogens is 2. The predicted molar refractivity (Wildman–Crippen MR) is 81.2 cm³/mol. The summed E-state index contributed by atoms with van der Waals surface area (Å²) in [5.41, 5.74) is 2.69. The van der Waals surface area contributed by atoms with Gasteiger partial charge in [0.25, 0.3) is 0 Å². The molecule has 5 heteroatoms. The number of para-hydroxylation sites is 2. The van der Waals surface area contributed by atoms with Crippen LogP contribution in [0.15, 0.2) is 48.5 Å². The van der Waals surface area contributed by atoms with E-state index < -0.39 is 5.97 Å². The van der Waals surface area contributed by atoms with Crippen LogP contribution in [-0.2, 0) is 17.8 Å². The highest BCUT2D eigenvalue weighted by atomic mass is 19.1. The number of aryl methyl sites for hydroxylation is 1. The molecule has 0 radical (unpaired) electrons. The van der Waals surface area contributed by atoms with Crippen LogP contribution in [0.2, 0.25) is 0 Å². The molecule has 112 valence electrons. The van der Waals surface area contributed by atoms with Crippen molar-refractivity contribution in [1.82, 2.24) is 9.55 Å². The van der Waals surface area contributed by atoms with Gasteiger partial charge >= 0.3 is 5.97 Å². The van der Waals surface area contributed by atoms with Crippen molar-refractivity contribution >= 4 is 17.0 Å². The van der Waals surface area contributed by atoms with Crippen molar-refractivity contribution in [2.24, 2.45) is 0 Å². The highest BCUT2D eigenvalue weighted by Crippen LogP contribution is 2.19. The molecule has 3 rings (SSSR count).